The van der Waals surface area contributed by atoms with E-state index in [2.05, 4.69) is 0 Å². The van der Waals surface area contributed by atoms with Crippen LogP contribution in [0.3, 0.4) is 0 Å². The van der Waals surface area contributed by atoms with Crippen LogP contribution in [0.1, 0.15) is 31.1 Å². The van der Waals surface area contributed by atoms with Gasteiger partial charge < -0.3 is 27.9 Å². The summed E-state index contributed by atoms with van der Waals surface area (Å²) < 4.78 is 61.0. The zero-order valence-corrected chi connectivity index (χ0v) is 20.8. The summed E-state index contributed by atoms with van der Waals surface area (Å²) in [6.45, 7) is 5.52. The summed E-state index contributed by atoms with van der Waals surface area (Å²) in [7, 11) is 0.383. The monoisotopic (exact) mass is 488 g/mol. The minimum absolute atomic E-state index is 0.0351. The fourth-order valence-electron chi connectivity index (χ4n) is 4.11. The summed E-state index contributed by atoms with van der Waals surface area (Å²) in [6, 6.07) is 11.5. The Labute approximate surface area is 199 Å². The Morgan fingerprint density at radius 3 is 2.06 bits per heavy atom. The Bertz CT molecular complexity index is 1300. The van der Waals surface area contributed by atoms with Crippen molar-refractivity contribution in [2.75, 3.05) is 21.3 Å². The summed E-state index contributed by atoms with van der Waals surface area (Å²) in [5.41, 5.74) is 1.41. The fourth-order valence-corrected chi connectivity index (χ4v) is 5.08. The van der Waals surface area contributed by atoms with Crippen LogP contribution in [0.15, 0.2) is 47.4 Å². The molecule has 3 aromatic rings. The van der Waals surface area contributed by atoms with Crippen LogP contribution in [0.4, 0.5) is 0 Å². The van der Waals surface area contributed by atoms with Gasteiger partial charge in [0.05, 0.1) is 32.8 Å². The molecular weight excluding hydrogens is 460 g/mol. The molecule has 1 fully saturated rings. The smallest absolute Gasteiger partial charge is 0.339 e. The molecule has 0 N–H and O–H groups in total. The lowest BCUT2D eigenvalue weighted by Gasteiger charge is -2.22. The topological polar surface area (TPSA) is 89.5 Å². The summed E-state index contributed by atoms with van der Waals surface area (Å²) in [6.07, 6.45) is -1.41. The molecule has 0 bridgehead atoms. The molecule has 9 heteroatoms. The number of benzene rings is 3. The third-order valence-corrected chi connectivity index (χ3v) is 7.01. The van der Waals surface area contributed by atoms with Crippen molar-refractivity contribution in [1.82, 2.24) is 0 Å². The SMILES string of the molecule is COc1cc(OC)c2c(OC)cc([C@H]3O[C@@H](C)O[C@H]3C)c(OS(=O)(=O)c3ccc(C)cc3)c2c1. The fraction of sp³-hybridized carbons (Fsp3) is 0.360. The molecule has 0 amide bonds. The number of rotatable bonds is 7. The van der Waals surface area contributed by atoms with E-state index in [1.807, 2.05) is 13.8 Å². The number of aryl methyl sites for hydroxylation is 1. The molecule has 1 aliphatic heterocycles. The highest BCUT2D eigenvalue weighted by Crippen LogP contribution is 2.49. The zero-order valence-electron chi connectivity index (χ0n) is 19.9. The molecule has 0 aromatic heterocycles. The van der Waals surface area contributed by atoms with Gasteiger partial charge in [-0.05, 0) is 45.0 Å². The van der Waals surface area contributed by atoms with E-state index in [4.69, 9.17) is 27.9 Å². The van der Waals surface area contributed by atoms with Gasteiger partial charge in [0.1, 0.15) is 28.2 Å². The molecule has 34 heavy (non-hydrogen) atoms. The van der Waals surface area contributed by atoms with Crippen molar-refractivity contribution in [2.45, 2.75) is 44.2 Å². The standard InChI is InChI=1S/C25H28O8S/c1-14-7-9-18(10-8-14)34(26,27)33-25-19-11-17(28-4)12-21(29-5)23(19)22(30-6)13-20(25)24-15(2)31-16(3)32-24/h7-13,15-16,24H,1-6H3/t15-,16-,24-/m0/s1. The summed E-state index contributed by atoms with van der Waals surface area (Å²) >= 11 is 0. The van der Waals surface area contributed by atoms with Gasteiger partial charge >= 0.3 is 10.1 Å². The van der Waals surface area contributed by atoms with Gasteiger partial charge in [0.25, 0.3) is 0 Å². The molecule has 3 atom stereocenters. The lowest BCUT2D eigenvalue weighted by molar-refractivity contribution is -0.0495. The van der Waals surface area contributed by atoms with Gasteiger partial charge in [0.15, 0.2) is 12.0 Å². The molecular formula is C25H28O8S. The first kappa shape index (κ1) is 24.1. The highest BCUT2D eigenvalue weighted by atomic mass is 32.2. The van der Waals surface area contributed by atoms with Crippen LogP contribution in [-0.2, 0) is 19.6 Å². The van der Waals surface area contributed by atoms with Crippen molar-refractivity contribution in [2.24, 2.45) is 0 Å². The predicted octanol–water partition coefficient (Wildman–Crippen LogP) is 4.76. The van der Waals surface area contributed by atoms with Crippen LogP contribution >= 0.6 is 0 Å². The van der Waals surface area contributed by atoms with Crippen LogP contribution < -0.4 is 18.4 Å². The van der Waals surface area contributed by atoms with E-state index in [1.165, 1.54) is 33.5 Å². The molecule has 0 unspecified atom stereocenters. The van der Waals surface area contributed by atoms with E-state index in [0.29, 0.717) is 33.6 Å². The van der Waals surface area contributed by atoms with Crippen LogP contribution in [-0.4, -0.2) is 42.1 Å². The van der Waals surface area contributed by atoms with Gasteiger partial charge in [-0.1, -0.05) is 17.7 Å². The first-order chi connectivity index (χ1) is 16.2. The van der Waals surface area contributed by atoms with E-state index in [1.54, 1.807) is 37.3 Å². The number of ether oxygens (including phenoxy) is 5. The van der Waals surface area contributed by atoms with E-state index >= 15 is 0 Å². The largest absolute Gasteiger partial charge is 0.497 e. The molecule has 0 spiro atoms. The second-order valence-corrected chi connectivity index (χ2v) is 9.61. The van der Waals surface area contributed by atoms with E-state index in [9.17, 15) is 8.42 Å². The zero-order chi connectivity index (χ0) is 24.6. The first-order valence-electron chi connectivity index (χ1n) is 10.8. The Morgan fingerprint density at radius 1 is 0.853 bits per heavy atom. The number of hydrogen-bond donors (Lipinski definition) is 0. The summed E-state index contributed by atoms with van der Waals surface area (Å²) in [4.78, 5) is 0.0351. The Hall–Kier alpha value is -3.01. The molecule has 8 nitrogen and oxygen atoms in total. The van der Waals surface area contributed by atoms with Gasteiger partial charge in [0.2, 0.25) is 0 Å². The van der Waals surface area contributed by atoms with Gasteiger partial charge in [0, 0.05) is 17.0 Å². The number of fused-ring (bicyclic) bond motifs is 1. The van der Waals surface area contributed by atoms with Crippen molar-refractivity contribution < 1.29 is 36.3 Å². The summed E-state index contributed by atoms with van der Waals surface area (Å²) in [5.74, 6) is 1.48. The van der Waals surface area contributed by atoms with E-state index in [-0.39, 0.29) is 16.7 Å². The molecule has 1 aliphatic rings. The van der Waals surface area contributed by atoms with Crippen molar-refractivity contribution in [3.05, 3.63) is 53.6 Å². The quantitative estimate of drug-likeness (QED) is 0.440. The molecule has 182 valence electrons. The lowest BCUT2D eigenvalue weighted by atomic mass is 9.97. The van der Waals surface area contributed by atoms with Crippen LogP contribution in [0.2, 0.25) is 0 Å². The van der Waals surface area contributed by atoms with Gasteiger partial charge in [-0.25, -0.2) is 0 Å². The number of hydrogen-bond acceptors (Lipinski definition) is 8. The van der Waals surface area contributed by atoms with Crippen LogP contribution in [0.5, 0.6) is 23.0 Å². The van der Waals surface area contributed by atoms with E-state index < -0.39 is 22.5 Å². The highest BCUT2D eigenvalue weighted by molar-refractivity contribution is 7.87. The second-order valence-electron chi connectivity index (χ2n) is 8.07. The van der Waals surface area contributed by atoms with Crippen molar-refractivity contribution in [3.63, 3.8) is 0 Å². The number of methoxy groups -OCH3 is 3. The second kappa shape index (κ2) is 9.32. The van der Waals surface area contributed by atoms with Gasteiger partial charge in [-0.2, -0.15) is 8.42 Å². The average molecular weight is 489 g/mol. The van der Waals surface area contributed by atoms with Gasteiger partial charge in [-0.3, -0.25) is 0 Å². The molecule has 3 aromatic carbocycles. The maximum atomic E-state index is 13.3. The molecule has 0 aliphatic carbocycles. The van der Waals surface area contributed by atoms with Crippen LogP contribution in [0, 0.1) is 6.92 Å². The maximum Gasteiger partial charge on any atom is 0.339 e. The van der Waals surface area contributed by atoms with Crippen molar-refractivity contribution in [1.29, 1.82) is 0 Å². The summed E-state index contributed by atoms with van der Waals surface area (Å²) in [5, 5.41) is 0.986. The normalized spacial score (nSPS) is 20.4. The third-order valence-electron chi connectivity index (χ3n) is 5.77. The molecule has 0 radical (unpaired) electrons. The Morgan fingerprint density at radius 2 is 1.50 bits per heavy atom. The lowest BCUT2D eigenvalue weighted by Crippen LogP contribution is -2.16. The minimum atomic E-state index is -4.18. The Kier molecular flexibility index (Phi) is 6.62. The maximum absolute atomic E-state index is 13.3. The average Bonchev–Trinajstić information content (AvgIpc) is 3.16. The molecule has 1 saturated heterocycles. The Balaban J connectivity index is 2.01. The van der Waals surface area contributed by atoms with Crippen molar-refractivity contribution in [3.8, 4) is 23.0 Å². The predicted molar refractivity (Wildman–Crippen MR) is 126 cm³/mol. The first-order valence-corrected chi connectivity index (χ1v) is 12.2. The minimum Gasteiger partial charge on any atom is -0.497 e. The molecule has 1 heterocycles. The highest BCUT2D eigenvalue weighted by Gasteiger charge is 2.37. The third kappa shape index (κ3) is 4.38. The van der Waals surface area contributed by atoms with Crippen LogP contribution in [0.25, 0.3) is 10.8 Å². The molecule has 4 rings (SSSR count). The van der Waals surface area contributed by atoms with E-state index in [0.717, 1.165) is 5.56 Å². The molecule has 0 saturated carbocycles. The van der Waals surface area contributed by atoms with Gasteiger partial charge in [-0.15, -0.1) is 0 Å². The van der Waals surface area contributed by atoms with Crippen molar-refractivity contribution >= 4 is 20.9 Å².